The minimum Gasteiger partial charge on any atom is -0.482 e. The molecule has 0 unspecified atom stereocenters. The van der Waals surface area contributed by atoms with Crippen molar-refractivity contribution in [2.24, 2.45) is 10.3 Å². The molecule has 6 atom stereocenters. The second kappa shape index (κ2) is 24.0. The predicted molar refractivity (Wildman–Crippen MR) is 287 cm³/mol. The molecule has 446 valence electrons. The Bertz CT molecular complexity index is 3490. The third-order valence-corrected chi connectivity index (χ3v) is 15.5. The van der Waals surface area contributed by atoms with E-state index in [4.69, 9.17) is 33.4 Å². The van der Waals surface area contributed by atoms with Gasteiger partial charge < -0.3 is 62.9 Å². The van der Waals surface area contributed by atoms with Gasteiger partial charge >= 0.3 is 12.3 Å². The van der Waals surface area contributed by atoms with Crippen molar-refractivity contribution in [1.29, 1.82) is 0 Å². The first-order chi connectivity index (χ1) is 39.6. The number of pyridine rings is 2. The van der Waals surface area contributed by atoms with Crippen molar-refractivity contribution in [2.75, 3.05) is 33.4 Å². The van der Waals surface area contributed by atoms with Gasteiger partial charge in [-0.3, -0.25) is 28.8 Å². The van der Waals surface area contributed by atoms with Gasteiger partial charge in [0.1, 0.15) is 34.4 Å². The Morgan fingerprint density at radius 3 is 1.49 bits per heavy atom. The van der Waals surface area contributed by atoms with Crippen LogP contribution in [0.3, 0.4) is 0 Å². The first-order valence-corrected chi connectivity index (χ1v) is 27.0. The summed E-state index contributed by atoms with van der Waals surface area (Å²) >= 11 is 0. The number of carbonyl (C=O) groups excluding carboxylic acids is 6. The second-order valence-corrected chi connectivity index (χ2v) is 21.1. The van der Waals surface area contributed by atoms with Crippen LogP contribution in [-0.2, 0) is 37.0 Å². The Hall–Kier alpha value is -8.78. The molecule has 83 heavy (non-hydrogen) atoms. The normalized spacial score (nSPS) is 22.7. The lowest BCUT2D eigenvalue weighted by molar-refractivity contribution is -0.0658. The van der Waals surface area contributed by atoms with Crippen molar-refractivity contribution in [2.45, 2.75) is 134 Å². The van der Waals surface area contributed by atoms with Crippen molar-refractivity contribution in [3.63, 3.8) is 0 Å². The molecule has 23 nitrogen and oxygen atoms in total. The summed E-state index contributed by atoms with van der Waals surface area (Å²) in [5, 5.41) is 13.1. The van der Waals surface area contributed by atoms with Gasteiger partial charge in [-0.2, -0.15) is 0 Å². The lowest BCUT2D eigenvalue weighted by Crippen LogP contribution is -2.52. The number of halogens is 4. The minimum absolute atomic E-state index is 0. The highest BCUT2D eigenvalue weighted by Crippen LogP contribution is 2.48. The largest absolute Gasteiger partial charge is 0.514 e. The number of methoxy groups -OCH3 is 1. The number of ether oxygens (including phenoxy) is 5. The Morgan fingerprint density at radius 1 is 0.675 bits per heavy atom. The van der Waals surface area contributed by atoms with Crippen molar-refractivity contribution < 1.29 is 82.5 Å². The number of benzene rings is 2. The van der Waals surface area contributed by atoms with E-state index in [2.05, 4.69) is 20.9 Å². The molecule has 10 rings (SSSR count). The van der Waals surface area contributed by atoms with Gasteiger partial charge in [0.15, 0.2) is 22.6 Å². The molecule has 8 heterocycles. The monoisotopic (exact) mass is 1160 g/mol. The van der Waals surface area contributed by atoms with E-state index in [1.807, 2.05) is 20.8 Å². The highest BCUT2D eigenvalue weighted by atomic mass is 19.1. The average molecular weight is 1170 g/mol. The zero-order valence-electron chi connectivity index (χ0n) is 46.1. The summed E-state index contributed by atoms with van der Waals surface area (Å²) < 4.78 is 83.9. The number of carbonyl (C=O) groups is 6. The molecule has 2 saturated heterocycles. The van der Waals surface area contributed by atoms with Gasteiger partial charge in [-0.25, -0.2) is 27.2 Å². The molecule has 2 aromatic carbocycles. The van der Waals surface area contributed by atoms with E-state index in [9.17, 15) is 55.9 Å². The standard InChI is InChI=1S/C28H30F2N4O8.C28H30F2N4O7.2H2/c1-4-9-40-27(38)41-24-22-26(37)33-14-20(28(8-7-15(33)2)11-21(39-3)32-42-28)34(22)13-18(23(24)35)25(36)31-12-16-5-6-17(29)10-19(16)30;1-4-9-39-27(38)40-24-22-26(37)33-14-21(28(8-7-16(33)3)11-15(2)32-41-28)34(22)13-19(23(24)35)25(36)31-12-17-5-6-18(29)10-20(17)30;;/h5-6,10,13,15,20H,4,7-9,11-12,14H2,1-3H3,(H,31,36);5-6,10,13,16,21H,4,7-9,11-12,14H2,1-3H3,(H,31,36);2*1H/t15-,20+,28-;16-,21+,28-;;/m00../s1. The molecular weight excluding hydrogens is 1100 g/mol. The smallest absolute Gasteiger partial charge is 0.482 e. The number of rotatable bonds is 12. The van der Waals surface area contributed by atoms with Crippen molar-refractivity contribution in [1.82, 2.24) is 29.6 Å². The molecule has 6 aliphatic heterocycles. The number of nitrogens with one attached hydrogen (secondary N) is 2. The highest BCUT2D eigenvalue weighted by molar-refractivity contribution is 6.01. The van der Waals surface area contributed by atoms with Crippen LogP contribution in [0.2, 0.25) is 0 Å². The third kappa shape index (κ3) is 11.6. The molecule has 6 aliphatic rings. The zero-order valence-corrected chi connectivity index (χ0v) is 46.1. The number of hydrogen-bond acceptors (Lipinski definition) is 17. The molecule has 2 aromatic heterocycles. The Labute approximate surface area is 474 Å². The molecule has 4 amide bonds. The minimum atomic E-state index is -1.22. The molecule has 2 fully saturated rings. The molecule has 0 radical (unpaired) electrons. The van der Waals surface area contributed by atoms with Gasteiger partial charge in [-0.1, -0.05) is 36.3 Å². The first-order valence-electron chi connectivity index (χ1n) is 27.0. The fourth-order valence-electron chi connectivity index (χ4n) is 11.1. The van der Waals surface area contributed by atoms with Gasteiger partial charge in [0.05, 0.1) is 44.5 Å². The quantitative estimate of drug-likeness (QED) is 0.103. The molecule has 0 aliphatic carbocycles. The maximum Gasteiger partial charge on any atom is 0.514 e. The number of oxime groups is 2. The Kier molecular flexibility index (Phi) is 17.0. The predicted octanol–water partition coefficient (Wildman–Crippen LogP) is 7.47. The molecule has 2 spiro atoms. The van der Waals surface area contributed by atoms with E-state index in [0.717, 1.165) is 23.9 Å². The number of hydrogen-bond donors (Lipinski definition) is 2. The molecule has 2 N–H and O–H groups in total. The van der Waals surface area contributed by atoms with Crippen molar-refractivity contribution in [3.8, 4) is 11.5 Å². The van der Waals surface area contributed by atoms with Crippen LogP contribution in [0.1, 0.15) is 154 Å². The van der Waals surface area contributed by atoms with Gasteiger partial charge in [0.2, 0.25) is 28.3 Å². The Morgan fingerprint density at radius 2 is 1.11 bits per heavy atom. The van der Waals surface area contributed by atoms with Gasteiger partial charge in [-0.05, 0) is 71.4 Å². The summed E-state index contributed by atoms with van der Waals surface area (Å²) in [6.45, 7) is 8.77. The van der Waals surface area contributed by atoms with Crippen LogP contribution in [0.4, 0.5) is 27.2 Å². The van der Waals surface area contributed by atoms with E-state index in [-0.39, 0.29) is 83.3 Å². The van der Waals surface area contributed by atoms with E-state index >= 15 is 0 Å². The second-order valence-electron chi connectivity index (χ2n) is 21.1. The van der Waals surface area contributed by atoms with Crippen LogP contribution in [0.5, 0.6) is 11.5 Å². The van der Waals surface area contributed by atoms with Crippen molar-refractivity contribution >= 4 is 47.5 Å². The van der Waals surface area contributed by atoms with Crippen LogP contribution in [-0.4, -0.2) is 123 Å². The number of fused-ring (bicyclic) bond motifs is 10. The highest BCUT2D eigenvalue weighted by Gasteiger charge is 2.56. The molecule has 4 bridgehead atoms. The van der Waals surface area contributed by atoms with E-state index < -0.39 is 116 Å². The molecule has 0 saturated carbocycles. The van der Waals surface area contributed by atoms with Crippen LogP contribution < -0.4 is 31.0 Å². The van der Waals surface area contributed by atoms with E-state index in [0.29, 0.717) is 63.0 Å². The molecule has 27 heteroatoms. The summed E-state index contributed by atoms with van der Waals surface area (Å²) in [7, 11) is 1.46. The van der Waals surface area contributed by atoms with Gasteiger partial charge in [-0.15, -0.1) is 0 Å². The van der Waals surface area contributed by atoms with Crippen LogP contribution in [0.15, 0.2) is 68.7 Å². The Balaban J connectivity index is 0.000000238. The van der Waals surface area contributed by atoms with Crippen LogP contribution >= 0.6 is 0 Å². The topological polar surface area (TPSA) is 266 Å². The van der Waals surface area contributed by atoms with E-state index in [1.54, 1.807) is 23.6 Å². The summed E-state index contributed by atoms with van der Waals surface area (Å²) in [4.78, 5) is 122. The number of amides is 4. The molecular formula is C56H64F4N8O15. The summed E-state index contributed by atoms with van der Waals surface area (Å²) in [6.07, 6.45) is 3.84. The fourth-order valence-corrected chi connectivity index (χ4v) is 11.1. The first kappa shape index (κ1) is 58.9. The fraction of sp³-hybridized carbons (Fsp3) is 0.464. The van der Waals surface area contributed by atoms with E-state index in [1.165, 1.54) is 34.7 Å². The number of aromatic nitrogens is 2. The summed E-state index contributed by atoms with van der Waals surface area (Å²) in [6, 6.07) is 4.04. The molecule has 4 aromatic rings. The lowest BCUT2D eigenvalue weighted by Gasteiger charge is -2.42. The number of nitrogens with zero attached hydrogens (tertiary/aromatic N) is 6. The lowest BCUT2D eigenvalue weighted by atomic mass is 9.84. The maximum atomic E-state index is 14.2. The third-order valence-electron chi connectivity index (χ3n) is 15.5. The zero-order chi connectivity index (χ0) is 59.7. The van der Waals surface area contributed by atoms with Crippen LogP contribution in [0, 0.1) is 23.3 Å². The average Bonchev–Trinajstić information content (AvgIpc) is 2.03. The SMILES string of the molecule is CCCOC(=O)Oc1c2n(cc(C(=O)NCc3ccc(F)cc3F)c1=O)[C@@H]1CN(C2=O)[C@@H](C)CC[C@]12CC(C)=NO2.CCCOC(=O)Oc1c2n(cc(C(=O)NCc3ccc(F)cc3F)c1=O)[C@@H]1CN(C2=O)[C@@H](C)CC[C@]12CC(OC)=NO2.[HH].[HH]. The van der Waals surface area contributed by atoms with Crippen molar-refractivity contribution in [3.05, 3.63) is 126 Å². The maximum absolute atomic E-state index is 14.2. The van der Waals surface area contributed by atoms with Crippen LogP contribution in [0.25, 0.3) is 0 Å². The van der Waals surface area contributed by atoms with Gasteiger partial charge in [0.25, 0.3) is 23.6 Å². The summed E-state index contributed by atoms with van der Waals surface area (Å²) in [5.41, 5.74) is -4.57. The van der Waals surface area contributed by atoms with Gasteiger partial charge in [0, 0.05) is 83.2 Å². The summed E-state index contributed by atoms with van der Waals surface area (Å²) in [5.74, 6) is -7.25.